The van der Waals surface area contributed by atoms with E-state index in [1.54, 1.807) is 0 Å². The Labute approximate surface area is 133 Å². The summed E-state index contributed by atoms with van der Waals surface area (Å²) in [6.45, 7) is 4.86. The first-order valence-corrected chi connectivity index (χ1v) is 8.52. The van der Waals surface area contributed by atoms with Crippen molar-refractivity contribution in [2.24, 2.45) is 5.92 Å². The average molecular weight is 298 g/mol. The second kappa shape index (κ2) is 7.59. The van der Waals surface area contributed by atoms with E-state index in [9.17, 15) is 4.79 Å². The summed E-state index contributed by atoms with van der Waals surface area (Å²) in [4.78, 5) is 17.0. The largest absolute Gasteiger partial charge is 0.341 e. The SMILES string of the molecule is O=C(CC1C=CCC1)N1CCCN(Cc2ccccc2)CC1. The van der Waals surface area contributed by atoms with Crippen molar-refractivity contribution in [3.63, 3.8) is 0 Å². The summed E-state index contributed by atoms with van der Waals surface area (Å²) in [6.07, 6.45) is 8.51. The van der Waals surface area contributed by atoms with Crippen LogP contribution >= 0.6 is 0 Å². The van der Waals surface area contributed by atoms with Gasteiger partial charge in [-0.3, -0.25) is 9.69 Å². The van der Waals surface area contributed by atoms with Gasteiger partial charge in [0.1, 0.15) is 0 Å². The van der Waals surface area contributed by atoms with Crippen molar-refractivity contribution < 1.29 is 4.79 Å². The molecule has 1 heterocycles. The summed E-state index contributed by atoms with van der Waals surface area (Å²) in [6, 6.07) is 10.6. The molecule has 1 amide bonds. The van der Waals surface area contributed by atoms with Gasteiger partial charge in [-0.05, 0) is 30.7 Å². The van der Waals surface area contributed by atoms with Crippen LogP contribution in [0.5, 0.6) is 0 Å². The molecule has 1 unspecified atom stereocenters. The minimum Gasteiger partial charge on any atom is -0.341 e. The lowest BCUT2D eigenvalue weighted by molar-refractivity contribution is -0.131. The summed E-state index contributed by atoms with van der Waals surface area (Å²) in [5, 5.41) is 0. The fourth-order valence-electron chi connectivity index (χ4n) is 3.44. The van der Waals surface area contributed by atoms with E-state index in [0.717, 1.165) is 52.0 Å². The van der Waals surface area contributed by atoms with Crippen LogP contribution in [-0.4, -0.2) is 41.9 Å². The van der Waals surface area contributed by atoms with Crippen LogP contribution in [0.3, 0.4) is 0 Å². The van der Waals surface area contributed by atoms with Crippen molar-refractivity contribution >= 4 is 5.91 Å². The zero-order valence-electron chi connectivity index (χ0n) is 13.3. The average Bonchev–Trinajstić information content (AvgIpc) is 2.93. The van der Waals surface area contributed by atoms with Gasteiger partial charge in [0, 0.05) is 39.1 Å². The molecule has 0 spiro atoms. The number of hydrogen-bond donors (Lipinski definition) is 0. The maximum atomic E-state index is 12.4. The van der Waals surface area contributed by atoms with Crippen molar-refractivity contribution in [1.82, 2.24) is 9.80 Å². The minimum absolute atomic E-state index is 0.345. The van der Waals surface area contributed by atoms with Crippen LogP contribution in [-0.2, 0) is 11.3 Å². The minimum atomic E-state index is 0.345. The first kappa shape index (κ1) is 15.3. The topological polar surface area (TPSA) is 23.6 Å². The van der Waals surface area contributed by atoms with Gasteiger partial charge in [0.2, 0.25) is 5.91 Å². The molecule has 118 valence electrons. The van der Waals surface area contributed by atoms with E-state index in [1.807, 2.05) is 0 Å². The number of carbonyl (C=O) groups is 1. The number of benzene rings is 1. The number of carbonyl (C=O) groups excluding carboxylic acids is 1. The highest BCUT2D eigenvalue weighted by Crippen LogP contribution is 2.21. The van der Waals surface area contributed by atoms with Crippen molar-refractivity contribution in [3.05, 3.63) is 48.0 Å². The quantitative estimate of drug-likeness (QED) is 0.798. The second-order valence-electron chi connectivity index (χ2n) is 6.47. The molecule has 3 nitrogen and oxygen atoms in total. The fourth-order valence-corrected chi connectivity index (χ4v) is 3.44. The summed E-state index contributed by atoms with van der Waals surface area (Å²) >= 11 is 0. The maximum Gasteiger partial charge on any atom is 0.223 e. The highest BCUT2D eigenvalue weighted by molar-refractivity contribution is 5.76. The molecule has 1 aromatic carbocycles. The number of rotatable bonds is 4. The molecule has 0 saturated carbocycles. The second-order valence-corrected chi connectivity index (χ2v) is 6.47. The number of hydrogen-bond acceptors (Lipinski definition) is 2. The first-order chi connectivity index (χ1) is 10.8. The predicted molar refractivity (Wildman–Crippen MR) is 89.4 cm³/mol. The lowest BCUT2D eigenvalue weighted by Gasteiger charge is -2.23. The van der Waals surface area contributed by atoms with Crippen LogP contribution in [0.2, 0.25) is 0 Å². The molecule has 22 heavy (non-hydrogen) atoms. The third-order valence-corrected chi connectivity index (χ3v) is 4.74. The van der Waals surface area contributed by atoms with Crippen LogP contribution in [0.15, 0.2) is 42.5 Å². The molecule has 0 N–H and O–H groups in total. The molecule has 2 aliphatic rings. The maximum absolute atomic E-state index is 12.4. The van der Waals surface area contributed by atoms with Crippen LogP contribution in [0.1, 0.15) is 31.2 Å². The van der Waals surface area contributed by atoms with Crippen molar-refractivity contribution in [1.29, 1.82) is 0 Å². The molecule has 1 fully saturated rings. The van der Waals surface area contributed by atoms with Gasteiger partial charge in [0.25, 0.3) is 0 Å². The van der Waals surface area contributed by atoms with Gasteiger partial charge < -0.3 is 4.90 Å². The van der Waals surface area contributed by atoms with E-state index < -0.39 is 0 Å². The molecule has 0 radical (unpaired) electrons. The van der Waals surface area contributed by atoms with Crippen molar-refractivity contribution in [2.45, 2.75) is 32.2 Å². The van der Waals surface area contributed by atoms with Crippen LogP contribution < -0.4 is 0 Å². The van der Waals surface area contributed by atoms with Crippen LogP contribution in [0.25, 0.3) is 0 Å². The standard InChI is InChI=1S/C19H26N2O/c22-19(15-17-7-4-5-8-17)21-12-6-11-20(13-14-21)16-18-9-2-1-3-10-18/h1-4,7,9-10,17H,5-6,8,11-16H2. The number of amides is 1. The Balaban J connectivity index is 1.49. The molecule has 1 aromatic rings. The molecule has 3 rings (SSSR count). The molecule has 1 aliphatic carbocycles. The Bertz CT molecular complexity index is 511. The van der Waals surface area contributed by atoms with Gasteiger partial charge in [0.15, 0.2) is 0 Å². The monoisotopic (exact) mass is 298 g/mol. The van der Waals surface area contributed by atoms with Gasteiger partial charge in [-0.25, -0.2) is 0 Å². The molecular weight excluding hydrogens is 272 g/mol. The van der Waals surface area contributed by atoms with Crippen molar-refractivity contribution in [2.75, 3.05) is 26.2 Å². The van der Waals surface area contributed by atoms with Gasteiger partial charge in [-0.15, -0.1) is 0 Å². The van der Waals surface area contributed by atoms with E-state index in [2.05, 4.69) is 52.3 Å². The van der Waals surface area contributed by atoms with Gasteiger partial charge >= 0.3 is 0 Å². The third kappa shape index (κ3) is 4.20. The number of nitrogens with zero attached hydrogens (tertiary/aromatic N) is 2. The summed E-state index contributed by atoms with van der Waals surface area (Å²) < 4.78 is 0. The lowest BCUT2D eigenvalue weighted by Crippen LogP contribution is -2.35. The highest BCUT2D eigenvalue weighted by Gasteiger charge is 2.22. The molecule has 1 atom stereocenters. The van der Waals surface area contributed by atoms with Crippen LogP contribution in [0, 0.1) is 5.92 Å². The summed E-state index contributed by atoms with van der Waals surface area (Å²) in [5.74, 6) is 0.828. The molecule has 0 bridgehead atoms. The van der Waals surface area contributed by atoms with Gasteiger partial charge in [-0.1, -0.05) is 42.5 Å². The predicted octanol–water partition coefficient (Wildman–Crippen LogP) is 3.08. The Kier molecular flexibility index (Phi) is 5.28. The fraction of sp³-hybridized carbons (Fsp3) is 0.526. The third-order valence-electron chi connectivity index (χ3n) is 4.74. The molecule has 0 aromatic heterocycles. The lowest BCUT2D eigenvalue weighted by atomic mass is 10.0. The van der Waals surface area contributed by atoms with Gasteiger partial charge in [0.05, 0.1) is 0 Å². The molecule has 1 aliphatic heterocycles. The molecule has 3 heteroatoms. The zero-order valence-corrected chi connectivity index (χ0v) is 13.3. The van der Waals surface area contributed by atoms with Crippen molar-refractivity contribution in [3.8, 4) is 0 Å². The normalized spacial score (nSPS) is 22.7. The molecular formula is C19H26N2O. The Morgan fingerprint density at radius 3 is 2.73 bits per heavy atom. The summed E-state index contributed by atoms with van der Waals surface area (Å²) in [5.41, 5.74) is 1.36. The summed E-state index contributed by atoms with van der Waals surface area (Å²) in [7, 11) is 0. The van der Waals surface area contributed by atoms with E-state index in [-0.39, 0.29) is 0 Å². The Hall–Kier alpha value is -1.61. The first-order valence-electron chi connectivity index (χ1n) is 8.52. The van der Waals surface area contributed by atoms with Gasteiger partial charge in [-0.2, -0.15) is 0 Å². The number of allylic oxidation sites excluding steroid dienone is 2. The van der Waals surface area contributed by atoms with E-state index >= 15 is 0 Å². The van der Waals surface area contributed by atoms with E-state index in [1.165, 1.54) is 5.56 Å². The zero-order chi connectivity index (χ0) is 15.2. The van der Waals surface area contributed by atoms with Crippen LogP contribution in [0.4, 0.5) is 0 Å². The Morgan fingerprint density at radius 2 is 1.95 bits per heavy atom. The van der Waals surface area contributed by atoms with E-state index in [0.29, 0.717) is 18.2 Å². The Morgan fingerprint density at radius 1 is 1.09 bits per heavy atom. The highest BCUT2D eigenvalue weighted by atomic mass is 16.2. The smallest absolute Gasteiger partial charge is 0.223 e. The van der Waals surface area contributed by atoms with E-state index in [4.69, 9.17) is 0 Å². The molecule has 1 saturated heterocycles.